The van der Waals surface area contributed by atoms with E-state index in [2.05, 4.69) is 0 Å². The van der Waals surface area contributed by atoms with Gasteiger partial charge in [-0.2, -0.15) is 0 Å². The van der Waals surface area contributed by atoms with Gasteiger partial charge in [0.25, 0.3) is 5.91 Å². The molecule has 0 bridgehead atoms. The predicted molar refractivity (Wildman–Crippen MR) is 61.6 cm³/mol. The average Bonchev–Trinajstić information content (AvgIpc) is 2.61. The van der Waals surface area contributed by atoms with E-state index >= 15 is 0 Å². The number of aryl methyl sites for hydroxylation is 1. The molecule has 1 N–H and O–H groups in total. The molecule has 1 unspecified atom stereocenters. The number of aliphatic carboxylic acids is 1. The minimum Gasteiger partial charge on any atom is -0.481 e. The predicted octanol–water partition coefficient (Wildman–Crippen LogP) is 0.818. The van der Waals surface area contributed by atoms with Crippen LogP contribution in [-0.4, -0.2) is 39.5 Å². The Morgan fingerprint density at radius 3 is 2.59 bits per heavy atom. The Balaban J connectivity index is 1.95. The zero-order valence-electron chi connectivity index (χ0n) is 9.96. The largest absolute Gasteiger partial charge is 0.481 e. The molecule has 0 aromatic carbocycles. The highest BCUT2D eigenvalue weighted by Gasteiger charge is 2.37. The number of carboxylic acids is 1. The van der Waals surface area contributed by atoms with Gasteiger partial charge in [-0.25, -0.2) is 0 Å². The van der Waals surface area contributed by atoms with E-state index < -0.39 is 5.97 Å². The molecule has 1 aliphatic rings. The maximum Gasteiger partial charge on any atom is 0.306 e. The first-order valence-corrected chi connectivity index (χ1v) is 5.64. The second-order valence-corrected chi connectivity index (χ2v) is 4.60. The smallest absolute Gasteiger partial charge is 0.306 e. The van der Waals surface area contributed by atoms with Gasteiger partial charge in [-0.05, 0) is 12.1 Å². The summed E-state index contributed by atoms with van der Waals surface area (Å²) in [5, 5.41) is 8.86. The molecule has 0 spiro atoms. The van der Waals surface area contributed by atoms with Gasteiger partial charge < -0.3 is 14.6 Å². The molecule has 0 radical (unpaired) electrons. The third-order valence-electron chi connectivity index (χ3n) is 3.46. The van der Waals surface area contributed by atoms with Crippen molar-refractivity contribution in [3.63, 3.8) is 0 Å². The van der Waals surface area contributed by atoms with Gasteiger partial charge in [-0.3, -0.25) is 9.59 Å². The maximum absolute atomic E-state index is 12.0. The molecule has 1 fully saturated rings. The van der Waals surface area contributed by atoms with Gasteiger partial charge in [-0.15, -0.1) is 0 Å². The summed E-state index contributed by atoms with van der Waals surface area (Å²) in [5.74, 6) is -1.11. The van der Waals surface area contributed by atoms with Crippen molar-refractivity contribution in [2.24, 2.45) is 18.9 Å². The number of carbonyl (C=O) groups excluding carboxylic acids is 1. The van der Waals surface area contributed by atoms with E-state index in [0.29, 0.717) is 18.8 Å². The first-order chi connectivity index (χ1) is 8.00. The van der Waals surface area contributed by atoms with Crippen molar-refractivity contribution in [1.82, 2.24) is 9.47 Å². The fraction of sp³-hybridized carbons (Fsp3) is 0.500. The van der Waals surface area contributed by atoms with Crippen LogP contribution in [0.3, 0.4) is 0 Å². The van der Waals surface area contributed by atoms with Crippen LogP contribution in [-0.2, 0) is 11.8 Å². The minimum atomic E-state index is -0.791. The quantitative estimate of drug-likeness (QED) is 0.845. The van der Waals surface area contributed by atoms with Gasteiger partial charge in [0.1, 0.15) is 5.69 Å². The molecule has 17 heavy (non-hydrogen) atoms. The SMILES string of the molecule is CC(C(=O)O)C1CN(C(=O)c2cccn2C)C1. The van der Waals surface area contributed by atoms with Gasteiger partial charge in [-0.1, -0.05) is 6.92 Å². The number of nitrogens with zero attached hydrogens (tertiary/aromatic N) is 2. The van der Waals surface area contributed by atoms with Crippen LogP contribution in [0.2, 0.25) is 0 Å². The topological polar surface area (TPSA) is 62.5 Å². The average molecular weight is 236 g/mol. The number of rotatable bonds is 3. The Hall–Kier alpha value is -1.78. The summed E-state index contributed by atoms with van der Waals surface area (Å²) < 4.78 is 1.77. The van der Waals surface area contributed by atoms with E-state index in [1.165, 1.54) is 0 Å². The lowest BCUT2D eigenvalue weighted by Crippen LogP contribution is -2.53. The van der Waals surface area contributed by atoms with Gasteiger partial charge in [0.15, 0.2) is 0 Å². The number of likely N-dealkylation sites (tertiary alicyclic amines) is 1. The Kier molecular flexibility index (Phi) is 2.92. The van der Waals surface area contributed by atoms with Crippen molar-refractivity contribution in [2.75, 3.05) is 13.1 Å². The monoisotopic (exact) mass is 236 g/mol. The first kappa shape index (κ1) is 11.7. The van der Waals surface area contributed by atoms with E-state index in [9.17, 15) is 9.59 Å². The summed E-state index contributed by atoms with van der Waals surface area (Å²) in [6, 6.07) is 3.60. The summed E-state index contributed by atoms with van der Waals surface area (Å²) in [5.41, 5.74) is 0.645. The first-order valence-electron chi connectivity index (χ1n) is 5.64. The van der Waals surface area contributed by atoms with Crippen molar-refractivity contribution in [1.29, 1.82) is 0 Å². The fourth-order valence-corrected chi connectivity index (χ4v) is 2.04. The Morgan fingerprint density at radius 2 is 2.12 bits per heavy atom. The van der Waals surface area contributed by atoms with Crippen LogP contribution in [0.4, 0.5) is 0 Å². The molecule has 2 rings (SSSR count). The maximum atomic E-state index is 12.0. The van der Waals surface area contributed by atoms with Gasteiger partial charge in [0, 0.05) is 32.3 Å². The number of hydrogen-bond donors (Lipinski definition) is 1. The van der Waals surface area contributed by atoms with E-state index in [4.69, 9.17) is 5.11 Å². The second-order valence-electron chi connectivity index (χ2n) is 4.60. The van der Waals surface area contributed by atoms with Crippen molar-refractivity contribution in [3.05, 3.63) is 24.0 Å². The lowest BCUT2D eigenvalue weighted by Gasteiger charge is -2.41. The third-order valence-corrected chi connectivity index (χ3v) is 3.46. The zero-order valence-corrected chi connectivity index (χ0v) is 9.96. The summed E-state index contributed by atoms with van der Waals surface area (Å²) in [6.07, 6.45) is 1.82. The Bertz CT molecular complexity index is 446. The van der Waals surface area contributed by atoms with Crippen molar-refractivity contribution in [3.8, 4) is 0 Å². The van der Waals surface area contributed by atoms with E-state index in [1.807, 2.05) is 19.3 Å². The molecule has 0 aliphatic carbocycles. The number of carboxylic acid groups (broad SMARTS) is 1. The lowest BCUT2D eigenvalue weighted by molar-refractivity contribution is -0.144. The zero-order chi connectivity index (χ0) is 12.6. The summed E-state index contributed by atoms with van der Waals surface area (Å²) in [7, 11) is 1.82. The minimum absolute atomic E-state index is 0.0219. The molecule has 1 aromatic rings. The third kappa shape index (κ3) is 2.05. The van der Waals surface area contributed by atoms with E-state index in [0.717, 1.165) is 0 Å². The lowest BCUT2D eigenvalue weighted by atomic mass is 9.87. The second kappa shape index (κ2) is 4.24. The molecule has 5 nitrogen and oxygen atoms in total. The van der Waals surface area contributed by atoms with Crippen LogP contribution < -0.4 is 0 Å². The molecule has 1 saturated heterocycles. The van der Waals surface area contributed by atoms with Crippen LogP contribution in [0.5, 0.6) is 0 Å². The van der Waals surface area contributed by atoms with Crippen molar-refractivity contribution in [2.45, 2.75) is 6.92 Å². The van der Waals surface area contributed by atoms with Crippen LogP contribution >= 0.6 is 0 Å². The molecule has 1 aliphatic heterocycles. The van der Waals surface area contributed by atoms with Gasteiger partial charge in [0.05, 0.1) is 5.92 Å². The molecule has 92 valence electrons. The number of amides is 1. The van der Waals surface area contributed by atoms with E-state index in [-0.39, 0.29) is 17.7 Å². The Labute approximate surface area is 99.6 Å². The van der Waals surface area contributed by atoms with Crippen LogP contribution in [0.1, 0.15) is 17.4 Å². The number of carbonyl (C=O) groups is 2. The van der Waals surface area contributed by atoms with Gasteiger partial charge in [0.2, 0.25) is 0 Å². The number of hydrogen-bond acceptors (Lipinski definition) is 2. The van der Waals surface area contributed by atoms with Crippen LogP contribution in [0, 0.1) is 11.8 Å². The van der Waals surface area contributed by atoms with Crippen LogP contribution in [0.15, 0.2) is 18.3 Å². The van der Waals surface area contributed by atoms with Crippen molar-refractivity contribution < 1.29 is 14.7 Å². The molecule has 2 heterocycles. The molecule has 5 heteroatoms. The van der Waals surface area contributed by atoms with Crippen LogP contribution in [0.25, 0.3) is 0 Å². The standard InChI is InChI=1S/C12H16N2O3/c1-8(12(16)17)9-6-14(7-9)11(15)10-4-3-5-13(10)2/h3-5,8-9H,6-7H2,1-2H3,(H,16,17). The summed E-state index contributed by atoms with van der Waals surface area (Å²) in [4.78, 5) is 24.5. The molecule has 1 atom stereocenters. The molecule has 1 amide bonds. The molecule has 1 aromatic heterocycles. The molecular formula is C12H16N2O3. The highest BCUT2D eigenvalue weighted by atomic mass is 16.4. The summed E-state index contributed by atoms with van der Waals surface area (Å²) in [6.45, 7) is 2.77. The molecule has 0 saturated carbocycles. The van der Waals surface area contributed by atoms with Crippen molar-refractivity contribution >= 4 is 11.9 Å². The summed E-state index contributed by atoms with van der Waals surface area (Å²) >= 11 is 0. The number of aromatic nitrogens is 1. The fourth-order valence-electron chi connectivity index (χ4n) is 2.04. The van der Waals surface area contributed by atoms with Gasteiger partial charge >= 0.3 is 5.97 Å². The normalized spacial score (nSPS) is 17.6. The highest BCUT2D eigenvalue weighted by molar-refractivity contribution is 5.93. The highest BCUT2D eigenvalue weighted by Crippen LogP contribution is 2.25. The molecular weight excluding hydrogens is 220 g/mol. The van der Waals surface area contributed by atoms with E-state index in [1.54, 1.807) is 22.5 Å². The Morgan fingerprint density at radius 1 is 1.47 bits per heavy atom.